The topological polar surface area (TPSA) is 49.2 Å². The van der Waals surface area contributed by atoms with Gasteiger partial charge in [0.15, 0.2) is 0 Å². The van der Waals surface area contributed by atoms with Gasteiger partial charge in [-0.15, -0.1) is 10.2 Å². The van der Waals surface area contributed by atoms with Crippen molar-refractivity contribution in [3.8, 4) is 0 Å². The standard InChI is InChI=1S/C7H10F3N3OS/c1-4(14)3-13(2)6-12-11-5(15-6)7(8,9)10/h4,14H,3H2,1-2H3. The predicted molar refractivity (Wildman–Crippen MR) is 49.9 cm³/mol. The fourth-order valence-electron chi connectivity index (χ4n) is 0.959. The number of aliphatic hydroxyl groups is 1. The van der Waals surface area contributed by atoms with Gasteiger partial charge in [0.05, 0.1) is 6.10 Å². The summed E-state index contributed by atoms with van der Waals surface area (Å²) in [4.78, 5) is 1.43. The number of nitrogens with zero attached hydrogens (tertiary/aromatic N) is 3. The third kappa shape index (κ3) is 3.31. The zero-order valence-electron chi connectivity index (χ0n) is 8.12. The zero-order valence-corrected chi connectivity index (χ0v) is 8.93. The van der Waals surface area contributed by atoms with Crippen molar-refractivity contribution in [1.29, 1.82) is 0 Å². The number of likely N-dealkylation sites (N-methyl/N-ethyl adjacent to an activating group) is 1. The highest BCUT2D eigenvalue weighted by Gasteiger charge is 2.36. The van der Waals surface area contributed by atoms with Crippen LogP contribution in [0.5, 0.6) is 0 Å². The van der Waals surface area contributed by atoms with Crippen LogP contribution in [0.4, 0.5) is 18.3 Å². The summed E-state index contributed by atoms with van der Waals surface area (Å²) >= 11 is 0.457. The van der Waals surface area contributed by atoms with Crippen molar-refractivity contribution in [2.75, 3.05) is 18.5 Å². The minimum absolute atomic E-state index is 0.142. The zero-order chi connectivity index (χ0) is 11.6. The first-order chi connectivity index (χ1) is 6.80. The van der Waals surface area contributed by atoms with Crippen LogP contribution in [0.2, 0.25) is 0 Å². The van der Waals surface area contributed by atoms with Crippen LogP contribution < -0.4 is 4.90 Å². The summed E-state index contributed by atoms with van der Waals surface area (Å²) in [6, 6.07) is 0. The maximum absolute atomic E-state index is 12.2. The third-order valence-corrected chi connectivity index (χ3v) is 2.60. The van der Waals surface area contributed by atoms with E-state index < -0.39 is 17.3 Å². The van der Waals surface area contributed by atoms with Crippen LogP contribution >= 0.6 is 11.3 Å². The number of anilines is 1. The molecule has 0 aromatic carbocycles. The fourth-order valence-corrected chi connectivity index (χ4v) is 1.64. The van der Waals surface area contributed by atoms with Crippen molar-refractivity contribution in [2.45, 2.75) is 19.2 Å². The molecule has 1 unspecified atom stereocenters. The van der Waals surface area contributed by atoms with Crippen LogP contribution in [-0.4, -0.2) is 35.0 Å². The number of halogens is 3. The quantitative estimate of drug-likeness (QED) is 0.868. The molecule has 0 saturated heterocycles. The Morgan fingerprint density at radius 3 is 2.47 bits per heavy atom. The van der Waals surface area contributed by atoms with Crippen LogP contribution in [0, 0.1) is 0 Å². The van der Waals surface area contributed by atoms with Crippen molar-refractivity contribution in [2.24, 2.45) is 0 Å². The lowest BCUT2D eigenvalue weighted by atomic mass is 10.4. The van der Waals surface area contributed by atoms with Crippen molar-refractivity contribution >= 4 is 16.5 Å². The van der Waals surface area contributed by atoms with Gasteiger partial charge >= 0.3 is 6.18 Å². The smallest absolute Gasteiger partial charge is 0.392 e. The predicted octanol–water partition coefficient (Wildman–Crippen LogP) is 1.37. The molecule has 0 aliphatic heterocycles. The first-order valence-corrected chi connectivity index (χ1v) is 4.92. The first-order valence-electron chi connectivity index (χ1n) is 4.10. The number of alkyl halides is 3. The molecule has 86 valence electrons. The van der Waals surface area contributed by atoms with E-state index >= 15 is 0 Å². The van der Waals surface area contributed by atoms with Crippen molar-refractivity contribution < 1.29 is 18.3 Å². The van der Waals surface area contributed by atoms with Crippen molar-refractivity contribution in [3.63, 3.8) is 0 Å². The minimum atomic E-state index is -4.46. The summed E-state index contributed by atoms with van der Waals surface area (Å²) < 4.78 is 36.5. The van der Waals surface area contributed by atoms with E-state index in [2.05, 4.69) is 10.2 Å². The van der Waals surface area contributed by atoms with E-state index in [1.165, 1.54) is 4.90 Å². The molecule has 0 fully saturated rings. The van der Waals surface area contributed by atoms with Crippen LogP contribution in [0.15, 0.2) is 0 Å². The molecule has 0 saturated carbocycles. The number of aromatic nitrogens is 2. The number of aliphatic hydroxyl groups excluding tert-OH is 1. The lowest BCUT2D eigenvalue weighted by Crippen LogP contribution is -2.26. The van der Waals surface area contributed by atoms with E-state index in [9.17, 15) is 13.2 Å². The summed E-state index contributed by atoms with van der Waals surface area (Å²) in [6.07, 6.45) is -5.09. The Labute approximate surface area is 88.4 Å². The van der Waals surface area contributed by atoms with Crippen LogP contribution in [0.3, 0.4) is 0 Å². The maximum atomic E-state index is 12.2. The molecule has 15 heavy (non-hydrogen) atoms. The molecular formula is C7H10F3N3OS. The fraction of sp³-hybridized carbons (Fsp3) is 0.714. The Hall–Kier alpha value is -0.890. The van der Waals surface area contributed by atoms with E-state index in [1.807, 2.05) is 0 Å². The maximum Gasteiger partial charge on any atom is 0.445 e. The third-order valence-electron chi connectivity index (χ3n) is 1.52. The van der Waals surface area contributed by atoms with Gasteiger partial charge in [0.25, 0.3) is 0 Å². The van der Waals surface area contributed by atoms with Gasteiger partial charge in [0.1, 0.15) is 0 Å². The average Bonchev–Trinajstić information content (AvgIpc) is 2.48. The Morgan fingerprint density at radius 2 is 2.07 bits per heavy atom. The Kier molecular flexibility index (Phi) is 3.50. The number of hydrogen-bond acceptors (Lipinski definition) is 5. The highest BCUT2D eigenvalue weighted by atomic mass is 32.1. The summed E-state index contributed by atoms with van der Waals surface area (Å²) in [7, 11) is 1.55. The molecule has 1 heterocycles. The number of rotatable bonds is 3. The molecule has 0 bridgehead atoms. The van der Waals surface area contributed by atoms with E-state index in [0.717, 1.165) is 0 Å². The summed E-state index contributed by atoms with van der Waals surface area (Å²) in [5.41, 5.74) is 0. The second-order valence-electron chi connectivity index (χ2n) is 3.12. The number of hydrogen-bond donors (Lipinski definition) is 1. The second kappa shape index (κ2) is 4.31. The molecule has 0 aliphatic carbocycles. The lowest BCUT2D eigenvalue weighted by molar-refractivity contribution is -0.138. The van der Waals surface area contributed by atoms with Gasteiger partial charge in [-0.1, -0.05) is 11.3 Å². The molecule has 4 nitrogen and oxygen atoms in total. The molecule has 0 amide bonds. The van der Waals surface area contributed by atoms with Gasteiger partial charge in [0, 0.05) is 13.6 Å². The van der Waals surface area contributed by atoms with Gasteiger partial charge in [-0.25, -0.2) is 0 Å². The summed E-state index contributed by atoms with van der Waals surface area (Å²) in [5.74, 6) is 0. The normalized spacial score (nSPS) is 14.0. The molecule has 8 heteroatoms. The van der Waals surface area contributed by atoms with Crippen molar-refractivity contribution in [1.82, 2.24) is 10.2 Å². The van der Waals surface area contributed by atoms with Gasteiger partial charge in [0.2, 0.25) is 10.1 Å². The van der Waals surface area contributed by atoms with Gasteiger partial charge < -0.3 is 10.0 Å². The van der Waals surface area contributed by atoms with Gasteiger partial charge in [-0.2, -0.15) is 13.2 Å². The molecule has 1 rings (SSSR count). The molecule has 1 N–H and O–H groups in total. The monoisotopic (exact) mass is 241 g/mol. The SMILES string of the molecule is CC(O)CN(C)c1nnc(C(F)(F)F)s1. The average molecular weight is 241 g/mol. The lowest BCUT2D eigenvalue weighted by Gasteiger charge is -2.16. The second-order valence-corrected chi connectivity index (χ2v) is 4.07. The molecule has 1 aromatic rings. The van der Waals surface area contributed by atoms with Crippen LogP contribution in [0.25, 0.3) is 0 Å². The first kappa shape index (κ1) is 12.2. The van der Waals surface area contributed by atoms with Crippen LogP contribution in [0.1, 0.15) is 11.9 Å². The molecule has 0 aliphatic rings. The highest BCUT2D eigenvalue weighted by Crippen LogP contribution is 2.33. The summed E-state index contributed by atoms with van der Waals surface area (Å²) in [5, 5.41) is 14.6. The van der Waals surface area contributed by atoms with E-state index in [-0.39, 0.29) is 11.7 Å². The molecule has 0 radical (unpaired) electrons. The van der Waals surface area contributed by atoms with E-state index in [0.29, 0.717) is 11.3 Å². The van der Waals surface area contributed by atoms with Crippen LogP contribution in [-0.2, 0) is 6.18 Å². The molecule has 1 aromatic heterocycles. The Morgan fingerprint density at radius 1 is 1.47 bits per heavy atom. The molecule has 0 spiro atoms. The molecule has 1 atom stereocenters. The van der Waals surface area contributed by atoms with Gasteiger partial charge in [-0.3, -0.25) is 0 Å². The molecular weight excluding hydrogens is 231 g/mol. The highest BCUT2D eigenvalue weighted by molar-refractivity contribution is 7.15. The van der Waals surface area contributed by atoms with Crippen molar-refractivity contribution in [3.05, 3.63) is 5.01 Å². The largest absolute Gasteiger partial charge is 0.445 e. The summed E-state index contributed by atoms with van der Waals surface area (Å²) in [6.45, 7) is 1.76. The Balaban J connectivity index is 2.76. The Bertz CT molecular complexity index is 326. The van der Waals surface area contributed by atoms with E-state index in [1.54, 1.807) is 14.0 Å². The van der Waals surface area contributed by atoms with E-state index in [4.69, 9.17) is 5.11 Å². The van der Waals surface area contributed by atoms with Gasteiger partial charge in [-0.05, 0) is 6.92 Å². The minimum Gasteiger partial charge on any atom is -0.392 e.